The molecule has 4 rings (SSSR count). The minimum atomic E-state index is -3.96. The van der Waals surface area contributed by atoms with E-state index in [1.165, 1.54) is 28.6 Å². The van der Waals surface area contributed by atoms with Crippen molar-refractivity contribution in [3.8, 4) is 11.5 Å². The topological polar surface area (TPSA) is 84.9 Å². The molecule has 33 heavy (non-hydrogen) atoms. The normalized spacial score (nSPS) is 16.3. The second kappa shape index (κ2) is 9.33. The molecule has 0 saturated heterocycles. The van der Waals surface area contributed by atoms with Crippen molar-refractivity contribution >= 4 is 33.2 Å². The Morgan fingerprint density at radius 1 is 1.09 bits per heavy atom. The number of nitrogens with zero attached hydrogens (tertiary/aromatic N) is 1. The van der Waals surface area contributed by atoms with E-state index < -0.39 is 22.0 Å². The summed E-state index contributed by atoms with van der Waals surface area (Å²) >= 11 is 5.92. The van der Waals surface area contributed by atoms with Crippen LogP contribution in [0.25, 0.3) is 0 Å². The van der Waals surface area contributed by atoms with Crippen LogP contribution in [-0.4, -0.2) is 34.1 Å². The smallest absolute Gasteiger partial charge is 0.264 e. The summed E-state index contributed by atoms with van der Waals surface area (Å²) in [5.41, 5.74) is 1.17. The van der Waals surface area contributed by atoms with Crippen molar-refractivity contribution in [3.63, 3.8) is 0 Å². The highest BCUT2D eigenvalue weighted by Gasteiger charge is 2.37. The molecule has 0 aliphatic carbocycles. The number of hydrogen-bond acceptors (Lipinski definition) is 5. The number of rotatable bonds is 6. The van der Waals surface area contributed by atoms with Gasteiger partial charge in [-0.2, -0.15) is 0 Å². The largest absolute Gasteiger partial charge is 0.496 e. The van der Waals surface area contributed by atoms with E-state index in [9.17, 15) is 13.2 Å². The number of ether oxygens (including phenoxy) is 2. The highest BCUT2D eigenvalue weighted by atomic mass is 35.5. The standard InChI is InChI=1S/C24H23ClN2O5S/c1-16(19-7-3-5-9-21(19)31-2)26-24(28)23-15-27(20-8-4-6-10-22(20)32-23)33(29,30)18-13-11-17(25)12-14-18/h3-14,16,23H,15H2,1-2H3,(H,26,28). The van der Waals surface area contributed by atoms with Crippen molar-refractivity contribution in [3.05, 3.63) is 83.4 Å². The van der Waals surface area contributed by atoms with Gasteiger partial charge in [0, 0.05) is 10.6 Å². The molecule has 0 bridgehead atoms. The van der Waals surface area contributed by atoms with Gasteiger partial charge in [0.25, 0.3) is 15.9 Å². The molecule has 0 aromatic heterocycles. The lowest BCUT2D eigenvalue weighted by Crippen LogP contribution is -2.51. The number of hydrogen-bond donors (Lipinski definition) is 1. The van der Waals surface area contributed by atoms with Gasteiger partial charge in [0.05, 0.1) is 30.3 Å². The molecule has 1 amide bonds. The van der Waals surface area contributed by atoms with Gasteiger partial charge in [0.15, 0.2) is 6.10 Å². The maximum Gasteiger partial charge on any atom is 0.264 e. The van der Waals surface area contributed by atoms with Crippen molar-refractivity contribution in [2.75, 3.05) is 18.0 Å². The lowest BCUT2D eigenvalue weighted by Gasteiger charge is -2.35. The van der Waals surface area contributed by atoms with E-state index in [4.69, 9.17) is 21.1 Å². The van der Waals surface area contributed by atoms with Crippen molar-refractivity contribution < 1.29 is 22.7 Å². The van der Waals surface area contributed by atoms with Gasteiger partial charge in [-0.1, -0.05) is 41.9 Å². The van der Waals surface area contributed by atoms with Gasteiger partial charge in [-0.15, -0.1) is 0 Å². The Morgan fingerprint density at radius 2 is 1.76 bits per heavy atom. The average Bonchev–Trinajstić information content (AvgIpc) is 2.83. The lowest BCUT2D eigenvalue weighted by molar-refractivity contribution is -0.128. The van der Waals surface area contributed by atoms with Gasteiger partial charge in [-0.25, -0.2) is 8.42 Å². The number of carbonyl (C=O) groups excluding carboxylic acids is 1. The minimum Gasteiger partial charge on any atom is -0.496 e. The van der Waals surface area contributed by atoms with Crippen LogP contribution in [0, 0.1) is 0 Å². The van der Waals surface area contributed by atoms with E-state index in [1.54, 1.807) is 31.4 Å². The SMILES string of the molecule is COc1ccccc1C(C)NC(=O)C1CN(S(=O)(=O)c2ccc(Cl)cc2)c2ccccc2O1. The molecular formula is C24H23ClN2O5S. The molecule has 7 nitrogen and oxygen atoms in total. The van der Waals surface area contributed by atoms with Crippen LogP contribution in [-0.2, 0) is 14.8 Å². The van der Waals surface area contributed by atoms with Crippen LogP contribution < -0.4 is 19.1 Å². The Balaban J connectivity index is 1.62. The molecule has 0 fully saturated rings. The fraction of sp³-hybridized carbons (Fsp3) is 0.208. The van der Waals surface area contributed by atoms with Crippen LogP contribution in [0.4, 0.5) is 5.69 Å². The van der Waals surface area contributed by atoms with E-state index in [0.29, 0.717) is 22.2 Å². The predicted octanol–water partition coefficient (Wildman–Crippen LogP) is 4.18. The first kappa shape index (κ1) is 22.9. The Kier molecular flexibility index (Phi) is 6.49. The highest BCUT2D eigenvalue weighted by Crippen LogP contribution is 2.37. The predicted molar refractivity (Wildman–Crippen MR) is 126 cm³/mol. The summed E-state index contributed by atoms with van der Waals surface area (Å²) in [6.45, 7) is 1.65. The third-order valence-electron chi connectivity index (χ3n) is 5.39. The lowest BCUT2D eigenvalue weighted by atomic mass is 10.1. The number of amides is 1. The molecule has 172 valence electrons. The first-order chi connectivity index (χ1) is 15.8. The maximum atomic E-state index is 13.4. The quantitative estimate of drug-likeness (QED) is 0.565. The number of nitrogens with one attached hydrogen (secondary N) is 1. The zero-order valence-corrected chi connectivity index (χ0v) is 19.6. The van der Waals surface area contributed by atoms with E-state index in [0.717, 1.165) is 5.56 Å². The van der Waals surface area contributed by atoms with E-state index in [2.05, 4.69) is 5.32 Å². The number of methoxy groups -OCH3 is 1. The minimum absolute atomic E-state index is 0.0742. The molecule has 1 N–H and O–H groups in total. The molecule has 0 spiro atoms. The van der Waals surface area contributed by atoms with E-state index in [1.807, 2.05) is 31.2 Å². The first-order valence-electron chi connectivity index (χ1n) is 10.3. The van der Waals surface area contributed by atoms with Crippen molar-refractivity contribution in [1.82, 2.24) is 5.32 Å². The zero-order chi connectivity index (χ0) is 23.6. The first-order valence-corrected chi connectivity index (χ1v) is 12.1. The Hall–Kier alpha value is -3.23. The van der Waals surface area contributed by atoms with Crippen LogP contribution in [0.2, 0.25) is 5.02 Å². The molecule has 0 saturated carbocycles. The number of carbonyl (C=O) groups is 1. The van der Waals surface area contributed by atoms with Crippen LogP contribution in [0.1, 0.15) is 18.5 Å². The van der Waals surface area contributed by atoms with Gasteiger partial charge >= 0.3 is 0 Å². The summed E-state index contributed by atoms with van der Waals surface area (Å²) in [5, 5.41) is 3.34. The van der Waals surface area contributed by atoms with Gasteiger partial charge in [0.2, 0.25) is 0 Å². The summed E-state index contributed by atoms with van der Waals surface area (Å²) in [4.78, 5) is 13.2. The number of para-hydroxylation sites is 3. The van der Waals surface area contributed by atoms with Gasteiger partial charge in [-0.05, 0) is 49.4 Å². The number of sulfonamides is 1. The molecule has 2 unspecified atom stereocenters. The molecule has 2 atom stereocenters. The number of fused-ring (bicyclic) bond motifs is 1. The molecule has 3 aromatic carbocycles. The molecule has 1 aliphatic rings. The summed E-state index contributed by atoms with van der Waals surface area (Å²) < 4.78 is 39.3. The number of anilines is 1. The summed E-state index contributed by atoms with van der Waals surface area (Å²) in [5.74, 6) is 0.526. The Bertz CT molecular complexity index is 1260. The monoisotopic (exact) mass is 486 g/mol. The molecule has 3 aromatic rings. The summed E-state index contributed by atoms with van der Waals surface area (Å²) in [6.07, 6.45) is -1.04. The average molecular weight is 487 g/mol. The molecule has 1 heterocycles. The second-order valence-electron chi connectivity index (χ2n) is 7.54. The zero-order valence-electron chi connectivity index (χ0n) is 18.1. The van der Waals surface area contributed by atoms with Crippen molar-refractivity contribution in [1.29, 1.82) is 0 Å². The number of benzene rings is 3. The Labute approximate surface area is 197 Å². The summed E-state index contributed by atoms with van der Waals surface area (Å²) in [6, 6.07) is 19.6. The van der Waals surface area contributed by atoms with Crippen LogP contribution in [0.15, 0.2) is 77.7 Å². The van der Waals surface area contributed by atoms with Crippen molar-refractivity contribution in [2.24, 2.45) is 0 Å². The van der Waals surface area contributed by atoms with E-state index in [-0.39, 0.29) is 17.5 Å². The van der Waals surface area contributed by atoms with Crippen LogP contribution in [0.3, 0.4) is 0 Å². The van der Waals surface area contributed by atoms with E-state index >= 15 is 0 Å². The second-order valence-corrected chi connectivity index (χ2v) is 9.84. The van der Waals surface area contributed by atoms with Crippen molar-refractivity contribution in [2.45, 2.75) is 24.0 Å². The number of halogens is 1. The molecule has 9 heteroatoms. The summed E-state index contributed by atoms with van der Waals surface area (Å²) in [7, 11) is -2.39. The van der Waals surface area contributed by atoms with Crippen LogP contribution >= 0.6 is 11.6 Å². The maximum absolute atomic E-state index is 13.4. The van der Waals surface area contributed by atoms with Gasteiger partial charge < -0.3 is 14.8 Å². The van der Waals surface area contributed by atoms with Crippen LogP contribution in [0.5, 0.6) is 11.5 Å². The Morgan fingerprint density at radius 3 is 2.48 bits per heavy atom. The molecule has 1 aliphatic heterocycles. The third kappa shape index (κ3) is 4.62. The fourth-order valence-electron chi connectivity index (χ4n) is 3.71. The molecular weight excluding hydrogens is 464 g/mol. The van der Waals surface area contributed by atoms with Gasteiger partial charge in [-0.3, -0.25) is 9.10 Å². The highest BCUT2D eigenvalue weighted by molar-refractivity contribution is 7.92. The van der Waals surface area contributed by atoms with Gasteiger partial charge in [0.1, 0.15) is 11.5 Å². The molecule has 0 radical (unpaired) electrons. The third-order valence-corrected chi connectivity index (χ3v) is 7.44. The fourth-order valence-corrected chi connectivity index (χ4v) is 5.31.